The Labute approximate surface area is 103 Å². The Morgan fingerprint density at radius 3 is 2.35 bits per heavy atom. The number of hydrogen-bond donors (Lipinski definition) is 1. The van der Waals surface area contributed by atoms with Crippen LogP contribution in [-0.4, -0.2) is 54.3 Å². The van der Waals surface area contributed by atoms with Crippen LogP contribution in [0, 0.1) is 5.92 Å². The van der Waals surface area contributed by atoms with E-state index in [0.717, 1.165) is 6.42 Å². The van der Waals surface area contributed by atoms with Crippen LogP contribution >= 0.6 is 0 Å². The molecule has 1 atom stereocenters. The van der Waals surface area contributed by atoms with Gasteiger partial charge < -0.3 is 14.2 Å². The standard InChI is InChI=1S/C10H23NO5S/c1-10(9-17(11,12)13)8-16-7-6-15-5-3-4-14-2/h10H,3-9H2,1-2H3,(H2,11,12,13). The van der Waals surface area contributed by atoms with Crippen LogP contribution in [0.4, 0.5) is 0 Å². The summed E-state index contributed by atoms with van der Waals surface area (Å²) in [5, 5.41) is 4.91. The third-order valence-corrected chi connectivity index (χ3v) is 2.96. The lowest BCUT2D eigenvalue weighted by Crippen LogP contribution is -2.24. The minimum Gasteiger partial charge on any atom is -0.385 e. The number of rotatable bonds is 11. The van der Waals surface area contributed by atoms with E-state index < -0.39 is 10.0 Å². The molecule has 0 spiro atoms. The fraction of sp³-hybridized carbons (Fsp3) is 1.00. The van der Waals surface area contributed by atoms with Gasteiger partial charge in [-0.25, -0.2) is 13.6 Å². The van der Waals surface area contributed by atoms with E-state index in [0.29, 0.717) is 33.0 Å². The van der Waals surface area contributed by atoms with E-state index in [9.17, 15) is 8.42 Å². The molecule has 0 aromatic carbocycles. The zero-order valence-corrected chi connectivity index (χ0v) is 11.4. The summed E-state index contributed by atoms with van der Waals surface area (Å²) in [6.45, 7) is 4.45. The van der Waals surface area contributed by atoms with E-state index in [-0.39, 0.29) is 11.7 Å². The van der Waals surface area contributed by atoms with Gasteiger partial charge in [0.15, 0.2) is 0 Å². The summed E-state index contributed by atoms with van der Waals surface area (Å²) in [5.41, 5.74) is 0. The van der Waals surface area contributed by atoms with Gasteiger partial charge in [0, 0.05) is 20.3 Å². The third-order valence-electron chi connectivity index (χ3n) is 1.93. The summed E-state index contributed by atoms with van der Waals surface area (Å²) in [6.07, 6.45) is 0.859. The molecule has 0 aliphatic heterocycles. The highest BCUT2D eigenvalue weighted by atomic mass is 32.2. The Balaban J connectivity index is 3.28. The van der Waals surface area contributed by atoms with Crippen LogP contribution in [0.5, 0.6) is 0 Å². The van der Waals surface area contributed by atoms with Crippen LogP contribution < -0.4 is 5.14 Å². The number of nitrogens with two attached hydrogens (primary N) is 1. The first-order valence-electron chi connectivity index (χ1n) is 5.60. The number of ether oxygens (including phenoxy) is 3. The molecule has 2 N–H and O–H groups in total. The maximum atomic E-state index is 10.8. The van der Waals surface area contributed by atoms with Gasteiger partial charge in [-0.2, -0.15) is 0 Å². The van der Waals surface area contributed by atoms with Gasteiger partial charge in [0.2, 0.25) is 10.0 Å². The van der Waals surface area contributed by atoms with Crippen molar-refractivity contribution in [1.82, 2.24) is 0 Å². The van der Waals surface area contributed by atoms with Crippen LogP contribution in [0.3, 0.4) is 0 Å². The first kappa shape index (κ1) is 16.8. The van der Waals surface area contributed by atoms with Gasteiger partial charge in [-0.15, -0.1) is 0 Å². The highest BCUT2D eigenvalue weighted by Crippen LogP contribution is 1.98. The smallest absolute Gasteiger partial charge is 0.209 e. The molecule has 17 heavy (non-hydrogen) atoms. The van der Waals surface area contributed by atoms with Crippen molar-refractivity contribution in [2.45, 2.75) is 13.3 Å². The quantitative estimate of drug-likeness (QED) is 0.533. The Morgan fingerprint density at radius 1 is 1.12 bits per heavy atom. The van der Waals surface area contributed by atoms with Crippen molar-refractivity contribution in [2.75, 3.05) is 45.9 Å². The molecule has 0 fully saturated rings. The van der Waals surface area contributed by atoms with Crippen LogP contribution in [0.25, 0.3) is 0 Å². The van der Waals surface area contributed by atoms with Crippen LogP contribution in [-0.2, 0) is 24.2 Å². The molecule has 0 saturated heterocycles. The fourth-order valence-electron chi connectivity index (χ4n) is 1.25. The molecule has 0 aromatic heterocycles. The topological polar surface area (TPSA) is 87.8 Å². The second-order valence-corrected chi connectivity index (χ2v) is 5.63. The number of methoxy groups -OCH3 is 1. The van der Waals surface area contributed by atoms with Gasteiger partial charge in [0.1, 0.15) is 0 Å². The Morgan fingerprint density at radius 2 is 1.76 bits per heavy atom. The normalized spacial score (nSPS) is 13.8. The molecular formula is C10H23NO5S. The van der Waals surface area contributed by atoms with Gasteiger partial charge in [-0.1, -0.05) is 6.92 Å². The molecule has 0 bridgehead atoms. The van der Waals surface area contributed by atoms with E-state index >= 15 is 0 Å². The zero-order valence-electron chi connectivity index (χ0n) is 10.6. The highest BCUT2D eigenvalue weighted by molar-refractivity contribution is 7.89. The van der Waals surface area contributed by atoms with Gasteiger partial charge in [-0.3, -0.25) is 0 Å². The van der Waals surface area contributed by atoms with Gasteiger partial charge in [0.25, 0.3) is 0 Å². The second kappa shape index (κ2) is 9.78. The molecule has 0 aliphatic rings. The maximum Gasteiger partial charge on any atom is 0.209 e. The monoisotopic (exact) mass is 269 g/mol. The molecular weight excluding hydrogens is 246 g/mol. The minimum absolute atomic E-state index is 0.0539. The molecule has 1 unspecified atom stereocenters. The van der Waals surface area contributed by atoms with Crippen molar-refractivity contribution >= 4 is 10.0 Å². The Hall–Kier alpha value is -0.210. The molecule has 7 heteroatoms. The summed E-state index contributed by atoms with van der Waals surface area (Å²) in [6, 6.07) is 0. The van der Waals surface area contributed by atoms with Crippen molar-refractivity contribution in [1.29, 1.82) is 0 Å². The van der Waals surface area contributed by atoms with E-state index in [1.54, 1.807) is 14.0 Å². The summed E-state index contributed by atoms with van der Waals surface area (Å²) in [7, 11) is -1.76. The van der Waals surface area contributed by atoms with E-state index in [2.05, 4.69) is 0 Å². The predicted octanol–water partition coefficient (Wildman–Crippen LogP) is -0.0193. The molecule has 104 valence electrons. The van der Waals surface area contributed by atoms with Crippen LogP contribution in [0.2, 0.25) is 0 Å². The van der Waals surface area contributed by atoms with E-state index in [1.165, 1.54) is 0 Å². The largest absolute Gasteiger partial charge is 0.385 e. The lowest BCUT2D eigenvalue weighted by molar-refractivity contribution is 0.0317. The molecule has 0 amide bonds. The molecule has 0 aliphatic carbocycles. The van der Waals surface area contributed by atoms with Crippen molar-refractivity contribution in [3.63, 3.8) is 0 Å². The summed E-state index contributed by atoms with van der Waals surface area (Å²) >= 11 is 0. The SMILES string of the molecule is COCCCOCCOCC(C)CS(N)(=O)=O. The molecule has 0 radical (unpaired) electrons. The average molecular weight is 269 g/mol. The summed E-state index contributed by atoms with van der Waals surface area (Å²) in [4.78, 5) is 0. The second-order valence-electron chi connectivity index (χ2n) is 3.97. The van der Waals surface area contributed by atoms with Crippen molar-refractivity contribution in [3.05, 3.63) is 0 Å². The fourth-order valence-corrected chi connectivity index (χ4v) is 2.14. The molecule has 0 aromatic rings. The first-order valence-corrected chi connectivity index (χ1v) is 7.32. The van der Waals surface area contributed by atoms with E-state index in [1.807, 2.05) is 0 Å². The predicted molar refractivity (Wildman–Crippen MR) is 65.3 cm³/mol. The number of sulfonamides is 1. The van der Waals surface area contributed by atoms with E-state index in [4.69, 9.17) is 19.3 Å². The molecule has 0 saturated carbocycles. The molecule has 0 rings (SSSR count). The van der Waals surface area contributed by atoms with Crippen molar-refractivity contribution in [2.24, 2.45) is 11.1 Å². The maximum absolute atomic E-state index is 10.8. The highest BCUT2D eigenvalue weighted by Gasteiger charge is 2.10. The summed E-state index contributed by atoms with van der Waals surface area (Å²) in [5.74, 6) is -0.152. The number of hydrogen-bond acceptors (Lipinski definition) is 5. The molecule has 6 nitrogen and oxygen atoms in total. The van der Waals surface area contributed by atoms with Crippen molar-refractivity contribution < 1.29 is 22.6 Å². The lowest BCUT2D eigenvalue weighted by atomic mass is 10.2. The average Bonchev–Trinajstić information content (AvgIpc) is 2.19. The van der Waals surface area contributed by atoms with Gasteiger partial charge in [-0.05, 0) is 12.3 Å². The minimum atomic E-state index is -3.41. The summed E-state index contributed by atoms with van der Waals surface area (Å²) < 4.78 is 36.9. The van der Waals surface area contributed by atoms with Crippen LogP contribution in [0.1, 0.15) is 13.3 Å². The third kappa shape index (κ3) is 13.7. The first-order chi connectivity index (χ1) is 7.95. The Bertz CT molecular complexity index is 268. The Kier molecular flexibility index (Phi) is 9.66. The zero-order chi connectivity index (χ0) is 13.1. The molecule has 0 heterocycles. The van der Waals surface area contributed by atoms with Gasteiger partial charge >= 0.3 is 0 Å². The van der Waals surface area contributed by atoms with Crippen molar-refractivity contribution in [3.8, 4) is 0 Å². The lowest BCUT2D eigenvalue weighted by Gasteiger charge is -2.10. The number of primary sulfonamides is 1. The van der Waals surface area contributed by atoms with Gasteiger partial charge in [0.05, 0.1) is 25.6 Å². The van der Waals surface area contributed by atoms with Crippen LogP contribution in [0.15, 0.2) is 0 Å².